The van der Waals surface area contributed by atoms with Crippen LogP contribution in [-0.2, 0) is 14.8 Å². The van der Waals surface area contributed by atoms with E-state index in [2.05, 4.69) is 16.6 Å². The van der Waals surface area contributed by atoms with Crippen LogP contribution in [0, 0.1) is 0 Å². The maximum absolute atomic E-state index is 12.3. The lowest BCUT2D eigenvalue weighted by Crippen LogP contribution is -2.44. The number of nitrogens with one attached hydrogen (secondary N) is 2. The molecular formula is C14H20N2O5S. The molecule has 0 saturated carbocycles. The Hall–Kier alpha value is -2.06. The summed E-state index contributed by atoms with van der Waals surface area (Å²) in [5, 5.41) is 2.52. The second-order valence-corrected chi connectivity index (χ2v) is 6.11. The zero-order valence-electron chi connectivity index (χ0n) is 12.8. The highest BCUT2D eigenvalue weighted by molar-refractivity contribution is 7.89. The van der Waals surface area contributed by atoms with Crippen molar-refractivity contribution in [3.63, 3.8) is 0 Å². The molecule has 1 aromatic rings. The van der Waals surface area contributed by atoms with Gasteiger partial charge in [-0.15, -0.1) is 6.58 Å². The van der Waals surface area contributed by atoms with E-state index >= 15 is 0 Å². The first-order valence-corrected chi connectivity index (χ1v) is 7.97. The first-order chi connectivity index (χ1) is 10.4. The van der Waals surface area contributed by atoms with E-state index in [0.29, 0.717) is 5.75 Å². The van der Waals surface area contributed by atoms with Crippen LogP contribution in [0.5, 0.6) is 11.5 Å². The molecule has 8 heteroatoms. The summed E-state index contributed by atoms with van der Waals surface area (Å²) in [4.78, 5) is 11.7. The van der Waals surface area contributed by atoms with Gasteiger partial charge in [-0.2, -0.15) is 4.72 Å². The van der Waals surface area contributed by atoms with Crippen LogP contribution in [0.25, 0.3) is 0 Å². The topological polar surface area (TPSA) is 93.7 Å². The molecule has 0 spiro atoms. The lowest BCUT2D eigenvalue weighted by molar-refractivity contribution is -0.122. The molecule has 0 heterocycles. The second-order valence-electron chi connectivity index (χ2n) is 4.39. The van der Waals surface area contributed by atoms with E-state index in [-0.39, 0.29) is 17.2 Å². The van der Waals surface area contributed by atoms with Crippen molar-refractivity contribution in [3.05, 3.63) is 30.9 Å². The van der Waals surface area contributed by atoms with Gasteiger partial charge in [-0.1, -0.05) is 6.08 Å². The van der Waals surface area contributed by atoms with Crippen molar-refractivity contribution in [2.45, 2.75) is 17.9 Å². The Morgan fingerprint density at radius 3 is 2.50 bits per heavy atom. The molecule has 1 amide bonds. The van der Waals surface area contributed by atoms with Gasteiger partial charge in [-0.25, -0.2) is 8.42 Å². The maximum Gasteiger partial charge on any atom is 0.241 e. The van der Waals surface area contributed by atoms with E-state index in [9.17, 15) is 13.2 Å². The van der Waals surface area contributed by atoms with Crippen LogP contribution in [-0.4, -0.2) is 41.1 Å². The highest BCUT2D eigenvalue weighted by Crippen LogP contribution is 2.29. The fourth-order valence-electron chi connectivity index (χ4n) is 1.66. The predicted octanol–water partition coefficient (Wildman–Crippen LogP) is 0.673. The Morgan fingerprint density at radius 2 is 1.95 bits per heavy atom. The SMILES string of the molecule is C=CCNC(=O)[C@H](C)NS(=O)(=O)c1ccc(OC)c(OC)c1. The third-order valence-corrected chi connectivity index (χ3v) is 4.35. The summed E-state index contributed by atoms with van der Waals surface area (Å²) in [5.41, 5.74) is 0. The molecule has 0 radical (unpaired) electrons. The third-order valence-electron chi connectivity index (χ3n) is 2.81. The van der Waals surface area contributed by atoms with Crippen molar-refractivity contribution in [2.24, 2.45) is 0 Å². The first kappa shape index (κ1) is 18.0. The Bertz CT molecular complexity index is 643. The van der Waals surface area contributed by atoms with Crippen LogP contribution in [0.4, 0.5) is 0 Å². The van der Waals surface area contributed by atoms with Crippen molar-refractivity contribution in [1.29, 1.82) is 0 Å². The minimum Gasteiger partial charge on any atom is -0.493 e. The van der Waals surface area contributed by atoms with Gasteiger partial charge in [0, 0.05) is 12.6 Å². The van der Waals surface area contributed by atoms with E-state index in [1.54, 1.807) is 0 Å². The van der Waals surface area contributed by atoms with E-state index in [1.165, 1.54) is 45.4 Å². The number of hydrogen-bond donors (Lipinski definition) is 2. The molecule has 0 unspecified atom stereocenters. The van der Waals surface area contributed by atoms with E-state index in [0.717, 1.165) is 0 Å². The van der Waals surface area contributed by atoms with Crippen molar-refractivity contribution < 1.29 is 22.7 Å². The standard InChI is InChI=1S/C14H20N2O5S/c1-5-8-15-14(17)10(2)16-22(18,19)11-6-7-12(20-3)13(9-11)21-4/h5-7,9-10,16H,1,8H2,2-4H3,(H,15,17)/t10-/m0/s1. The highest BCUT2D eigenvalue weighted by Gasteiger charge is 2.22. The zero-order chi connectivity index (χ0) is 16.8. The van der Waals surface area contributed by atoms with Gasteiger partial charge in [0.1, 0.15) is 0 Å². The van der Waals surface area contributed by atoms with E-state index in [1.807, 2.05) is 0 Å². The zero-order valence-corrected chi connectivity index (χ0v) is 13.6. The number of sulfonamides is 1. The van der Waals surface area contributed by atoms with Crippen LogP contribution < -0.4 is 19.5 Å². The monoisotopic (exact) mass is 328 g/mol. The van der Waals surface area contributed by atoms with Crippen molar-refractivity contribution in [3.8, 4) is 11.5 Å². The lowest BCUT2D eigenvalue weighted by Gasteiger charge is -2.15. The number of benzene rings is 1. The van der Waals surface area contributed by atoms with Gasteiger partial charge >= 0.3 is 0 Å². The summed E-state index contributed by atoms with van der Waals surface area (Å²) in [6.45, 7) is 5.19. The quantitative estimate of drug-likeness (QED) is 0.684. The molecule has 1 atom stereocenters. The predicted molar refractivity (Wildman–Crippen MR) is 82.5 cm³/mol. The highest BCUT2D eigenvalue weighted by atomic mass is 32.2. The van der Waals surface area contributed by atoms with Crippen LogP contribution in [0.15, 0.2) is 35.7 Å². The van der Waals surface area contributed by atoms with Crippen molar-refractivity contribution >= 4 is 15.9 Å². The molecule has 0 fully saturated rings. The molecule has 7 nitrogen and oxygen atoms in total. The minimum atomic E-state index is -3.86. The number of methoxy groups -OCH3 is 2. The molecule has 2 N–H and O–H groups in total. The molecule has 0 saturated heterocycles. The summed E-state index contributed by atoms with van der Waals surface area (Å²) in [6, 6.07) is 3.27. The fraction of sp³-hybridized carbons (Fsp3) is 0.357. The summed E-state index contributed by atoms with van der Waals surface area (Å²) in [5.74, 6) is 0.260. The first-order valence-electron chi connectivity index (χ1n) is 6.48. The third kappa shape index (κ3) is 4.47. The Morgan fingerprint density at radius 1 is 1.32 bits per heavy atom. The number of carbonyl (C=O) groups excluding carboxylic acids is 1. The van der Waals surface area contributed by atoms with Gasteiger partial charge in [0.15, 0.2) is 11.5 Å². The largest absolute Gasteiger partial charge is 0.493 e. The summed E-state index contributed by atoms with van der Waals surface area (Å²) >= 11 is 0. The Balaban J connectivity index is 2.95. The molecule has 0 aromatic heterocycles. The summed E-state index contributed by atoms with van der Waals surface area (Å²) in [6.07, 6.45) is 1.51. The van der Waals surface area contributed by atoms with Crippen LogP contribution in [0.1, 0.15) is 6.92 Å². The van der Waals surface area contributed by atoms with Gasteiger partial charge in [0.25, 0.3) is 0 Å². The molecular weight excluding hydrogens is 308 g/mol. The average Bonchev–Trinajstić information content (AvgIpc) is 2.51. The van der Waals surface area contributed by atoms with Gasteiger partial charge in [0.05, 0.1) is 25.2 Å². The van der Waals surface area contributed by atoms with E-state index < -0.39 is 22.0 Å². The van der Waals surface area contributed by atoms with Crippen LogP contribution in [0.3, 0.4) is 0 Å². The molecule has 1 aromatic carbocycles. The second kappa shape index (κ2) is 7.81. The van der Waals surface area contributed by atoms with Crippen molar-refractivity contribution in [2.75, 3.05) is 20.8 Å². The molecule has 1 rings (SSSR count). The van der Waals surface area contributed by atoms with Crippen LogP contribution >= 0.6 is 0 Å². The number of carbonyl (C=O) groups is 1. The molecule has 0 aliphatic rings. The smallest absolute Gasteiger partial charge is 0.241 e. The normalized spacial score (nSPS) is 12.3. The average molecular weight is 328 g/mol. The van der Waals surface area contributed by atoms with Crippen molar-refractivity contribution in [1.82, 2.24) is 10.0 Å². The summed E-state index contributed by atoms with van der Waals surface area (Å²) < 4.78 is 37.0. The number of hydrogen-bond acceptors (Lipinski definition) is 5. The van der Waals surface area contributed by atoms with E-state index in [4.69, 9.17) is 9.47 Å². The van der Waals surface area contributed by atoms with Gasteiger partial charge in [-0.05, 0) is 19.1 Å². The van der Waals surface area contributed by atoms with Gasteiger partial charge in [0.2, 0.25) is 15.9 Å². The van der Waals surface area contributed by atoms with Gasteiger partial charge in [-0.3, -0.25) is 4.79 Å². The number of rotatable bonds is 8. The molecule has 122 valence electrons. The van der Waals surface area contributed by atoms with Crippen LogP contribution in [0.2, 0.25) is 0 Å². The Kier molecular flexibility index (Phi) is 6.39. The minimum absolute atomic E-state index is 0.0199. The fourth-order valence-corrected chi connectivity index (χ4v) is 2.88. The molecule has 0 aliphatic carbocycles. The maximum atomic E-state index is 12.3. The molecule has 0 bridgehead atoms. The summed E-state index contributed by atoms with van der Waals surface area (Å²) in [7, 11) is -0.995. The number of amides is 1. The lowest BCUT2D eigenvalue weighted by atomic mass is 10.3. The Labute approximate surface area is 130 Å². The molecule has 0 aliphatic heterocycles. The van der Waals surface area contributed by atoms with Gasteiger partial charge < -0.3 is 14.8 Å². The number of ether oxygens (including phenoxy) is 2. The molecule has 22 heavy (non-hydrogen) atoms.